The van der Waals surface area contributed by atoms with Gasteiger partial charge in [-0.25, -0.2) is 23.4 Å². The number of benzene rings is 1. The summed E-state index contributed by atoms with van der Waals surface area (Å²) in [5.74, 6) is 1.37. The standard InChI is InChI=1S/C21H19BrClN7O2S/c22-16-10-15(12-25-19(16)23)33(31,32)30-7-5-29(6-8-30)21-20(26-14-2-3-14)27-17-4-1-13(11-24)9-18(17)28-21/h1,4,9-10,12,14H,2-3,5-8H2,(H,26,27). The Labute approximate surface area is 204 Å². The molecule has 0 unspecified atom stereocenters. The fourth-order valence-electron chi connectivity index (χ4n) is 3.69. The number of nitriles is 1. The Balaban J connectivity index is 1.41. The Kier molecular flexibility index (Phi) is 5.86. The van der Waals surface area contributed by atoms with Gasteiger partial charge in [0.2, 0.25) is 10.0 Å². The lowest BCUT2D eigenvalue weighted by atomic mass is 10.2. The van der Waals surface area contributed by atoms with Gasteiger partial charge in [-0.1, -0.05) is 11.6 Å². The lowest BCUT2D eigenvalue weighted by Gasteiger charge is -2.35. The predicted octanol–water partition coefficient (Wildman–Crippen LogP) is 3.40. The molecule has 1 saturated heterocycles. The van der Waals surface area contributed by atoms with E-state index in [4.69, 9.17) is 21.6 Å². The number of halogens is 2. The van der Waals surface area contributed by atoms with E-state index in [2.05, 4.69) is 32.3 Å². The number of anilines is 2. The van der Waals surface area contributed by atoms with Crippen molar-refractivity contribution in [3.05, 3.63) is 45.7 Å². The first-order valence-electron chi connectivity index (χ1n) is 10.4. The molecular formula is C21H19BrClN7O2S. The zero-order valence-electron chi connectivity index (χ0n) is 17.4. The van der Waals surface area contributed by atoms with Crippen LogP contribution in [0.1, 0.15) is 18.4 Å². The fraction of sp³-hybridized carbons (Fsp3) is 0.333. The minimum absolute atomic E-state index is 0.0952. The van der Waals surface area contributed by atoms with Crippen molar-refractivity contribution in [1.82, 2.24) is 19.3 Å². The van der Waals surface area contributed by atoms with E-state index in [1.54, 1.807) is 18.2 Å². The smallest absolute Gasteiger partial charge is 0.244 e. The summed E-state index contributed by atoms with van der Waals surface area (Å²) >= 11 is 9.15. The molecule has 0 radical (unpaired) electrons. The molecule has 1 aliphatic heterocycles. The molecule has 2 fully saturated rings. The summed E-state index contributed by atoms with van der Waals surface area (Å²) in [5, 5.41) is 12.9. The maximum atomic E-state index is 13.1. The third kappa shape index (κ3) is 4.48. The van der Waals surface area contributed by atoms with E-state index in [1.807, 2.05) is 4.90 Å². The summed E-state index contributed by atoms with van der Waals surface area (Å²) in [6, 6.07) is 9.23. The van der Waals surface area contributed by atoms with E-state index in [0.717, 1.165) is 12.8 Å². The Morgan fingerprint density at radius 2 is 1.88 bits per heavy atom. The molecule has 170 valence electrons. The van der Waals surface area contributed by atoms with Crippen LogP contribution in [-0.2, 0) is 10.0 Å². The predicted molar refractivity (Wildman–Crippen MR) is 129 cm³/mol. The highest BCUT2D eigenvalue weighted by molar-refractivity contribution is 9.10. The van der Waals surface area contributed by atoms with Crippen molar-refractivity contribution >= 4 is 60.2 Å². The first kappa shape index (κ1) is 22.3. The topological polar surface area (TPSA) is 115 Å². The number of piperazine rings is 1. The van der Waals surface area contributed by atoms with Crippen molar-refractivity contribution in [3.8, 4) is 6.07 Å². The van der Waals surface area contributed by atoms with Gasteiger partial charge in [0.05, 0.1) is 27.1 Å². The van der Waals surface area contributed by atoms with Gasteiger partial charge in [0.25, 0.3) is 0 Å². The minimum atomic E-state index is -3.70. The maximum Gasteiger partial charge on any atom is 0.244 e. The molecule has 5 rings (SSSR count). The Hall–Kier alpha value is -2.52. The average Bonchev–Trinajstić information content (AvgIpc) is 3.64. The normalized spacial score (nSPS) is 17.2. The van der Waals surface area contributed by atoms with Gasteiger partial charge in [0, 0.05) is 38.4 Å². The Morgan fingerprint density at radius 1 is 1.12 bits per heavy atom. The molecule has 1 N–H and O–H groups in total. The van der Waals surface area contributed by atoms with Gasteiger partial charge in [-0.2, -0.15) is 9.57 Å². The number of hydrogen-bond donors (Lipinski definition) is 1. The zero-order valence-corrected chi connectivity index (χ0v) is 20.5. The zero-order chi connectivity index (χ0) is 23.2. The van der Waals surface area contributed by atoms with Crippen molar-refractivity contribution in [2.24, 2.45) is 0 Å². The van der Waals surface area contributed by atoms with Crippen molar-refractivity contribution in [2.45, 2.75) is 23.8 Å². The first-order chi connectivity index (χ1) is 15.8. The summed E-state index contributed by atoms with van der Waals surface area (Å²) in [4.78, 5) is 15.6. The van der Waals surface area contributed by atoms with Gasteiger partial charge >= 0.3 is 0 Å². The molecule has 0 spiro atoms. The second-order valence-electron chi connectivity index (χ2n) is 7.96. The molecule has 3 aromatic rings. The number of hydrogen-bond acceptors (Lipinski definition) is 8. The lowest BCUT2D eigenvalue weighted by Crippen LogP contribution is -2.49. The number of nitrogens with zero attached hydrogens (tertiary/aromatic N) is 6. The van der Waals surface area contributed by atoms with Gasteiger partial charge in [-0.3, -0.25) is 0 Å². The minimum Gasteiger partial charge on any atom is -0.364 e. The third-order valence-electron chi connectivity index (χ3n) is 5.64. The largest absolute Gasteiger partial charge is 0.364 e. The molecule has 3 heterocycles. The molecule has 12 heteroatoms. The van der Waals surface area contributed by atoms with Crippen molar-refractivity contribution in [1.29, 1.82) is 5.26 Å². The SMILES string of the molecule is N#Cc1ccc2nc(NC3CC3)c(N3CCN(S(=O)(=O)c4cnc(Cl)c(Br)c4)CC3)nc2c1. The molecule has 1 saturated carbocycles. The van der Waals surface area contributed by atoms with Crippen LogP contribution in [0.25, 0.3) is 11.0 Å². The monoisotopic (exact) mass is 547 g/mol. The van der Waals surface area contributed by atoms with Gasteiger partial charge in [0.15, 0.2) is 11.6 Å². The van der Waals surface area contributed by atoms with E-state index in [9.17, 15) is 13.7 Å². The number of rotatable bonds is 5. The molecule has 2 aliphatic rings. The molecule has 1 aromatic carbocycles. The van der Waals surface area contributed by atoms with Crippen LogP contribution < -0.4 is 10.2 Å². The Morgan fingerprint density at radius 3 is 2.55 bits per heavy atom. The number of aromatic nitrogens is 3. The molecule has 1 aliphatic carbocycles. The van der Waals surface area contributed by atoms with E-state index >= 15 is 0 Å². The second kappa shape index (κ2) is 8.68. The van der Waals surface area contributed by atoms with E-state index in [-0.39, 0.29) is 10.0 Å². The Bertz CT molecular complexity index is 1380. The number of fused-ring (bicyclic) bond motifs is 1. The highest BCUT2D eigenvalue weighted by atomic mass is 79.9. The van der Waals surface area contributed by atoms with Gasteiger partial charge < -0.3 is 10.2 Å². The number of pyridine rings is 1. The summed E-state index contributed by atoms with van der Waals surface area (Å²) in [7, 11) is -3.70. The van der Waals surface area contributed by atoms with Crippen molar-refractivity contribution in [2.75, 3.05) is 36.4 Å². The van der Waals surface area contributed by atoms with Crippen LogP contribution in [0.3, 0.4) is 0 Å². The number of sulfonamides is 1. The molecular weight excluding hydrogens is 530 g/mol. The molecule has 0 amide bonds. The van der Waals surface area contributed by atoms with Gasteiger partial charge in [-0.05, 0) is 53.0 Å². The van der Waals surface area contributed by atoms with E-state index < -0.39 is 10.0 Å². The molecule has 2 aromatic heterocycles. The summed E-state index contributed by atoms with van der Waals surface area (Å²) in [6.07, 6.45) is 3.44. The highest BCUT2D eigenvalue weighted by Crippen LogP contribution is 2.32. The number of nitrogens with one attached hydrogen (secondary N) is 1. The van der Waals surface area contributed by atoms with Crippen molar-refractivity contribution < 1.29 is 8.42 Å². The van der Waals surface area contributed by atoms with E-state index in [0.29, 0.717) is 64.9 Å². The maximum absolute atomic E-state index is 13.1. The second-order valence-corrected chi connectivity index (χ2v) is 11.1. The molecule has 0 atom stereocenters. The summed E-state index contributed by atoms with van der Waals surface area (Å²) in [5.41, 5.74) is 1.87. The quantitative estimate of drug-likeness (QED) is 0.483. The average molecular weight is 549 g/mol. The van der Waals surface area contributed by atoms with Crippen molar-refractivity contribution in [3.63, 3.8) is 0 Å². The molecule has 9 nitrogen and oxygen atoms in total. The molecule has 0 bridgehead atoms. The van der Waals surface area contributed by atoms with E-state index in [1.165, 1.54) is 16.6 Å². The molecule has 33 heavy (non-hydrogen) atoms. The van der Waals surface area contributed by atoms with Crippen LogP contribution in [0.5, 0.6) is 0 Å². The fourth-order valence-corrected chi connectivity index (χ4v) is 5.69. The van der Waals surface area contributed by atoms with Crippen LogP contribution in [-0.4, -0.2) is 59.9 Å². The van der Waals surface area contributed by atoms with Crippen LogP contribution in [0.15, 0.2) is 39.8 Å². The van der Waals surface area contributed by atoms with Gasteiger partial charge in [0.1, 0.15) is 10.0 Å². The summed E-state index contributed by atoms with van der Waals surface area (Å²) in [6.45, 7) is 1.50. The van der Waals surface area contributed by atoms with Crippen LogP contribution in [0.2, 0.25) is 5.15 Å². The first-order valence-corrected chi connectivity index (χ1v) is 13.0. The van der Waals surface area contributed by atoms with Crippen LogP contribution in [0.4, 0.5) is 11.6 Å². The van der Waals surface area contributed by atoms with Crippen LogP contribution >= 0.6 is 27.5 Å². The highest BCUT2D eigenvalue weighted by Gasteiger charge is 2.32. The van der Waals surface area contributed by atoms with Crippen LogP contribution in [0, 0.1) is 11.3 Å². The lowest BCUT2D eigenvalue weighted by molar-refractivity contribution is 0.384. The summed E-state index contributed by atoms with van der Waals surface area (Å²) < 4.78 is 28.1. The van der Waals surface area contributed by atoms with Gasteiger partial charge in [-0.15, -0.1) is 0 Å². The third-order valence-corrected chi connectivity index (χ3v) is 8.64.